The average Bonchev–Trinajstić information content (AvgIpc) is 2.80. The molecule has 21 heavy (non-hydrogen) atoms. The number of aliphatic hydroxyl groups excluding tert-OH is 3. The first-order chi connectivity index (χ1) is 10.0. The van der Waals surface area contributed by atoms with Gasteiger partial charge in [0.25, 0.3) is 5.91 Å². The maximum Gasteiger partial charge on any atom is 0.269 e. The second-order valence-electron chi connectivity index (χ2n) is 4.61. The van der Waals surface area contributed by atoms with Crippen molar-refractivity contribution in [3.63, 3.8) is 0 Å². The largest absolute Gasteiger partial charge is 0.387 e. The summed E-state index contributed by atoms with van der Waals surface area (Å²) in [4.78, 5) is 11.8. The van der Waals surface area contributed by atoms with Crippen LogP contribution >= 0.6 is 0 Å². The number of para-hydroxylation sites is 1. The summed E-state index contributed by atoms with van der Waals surface area (Å²) in [7, 11) is 1.28. The van der Waals surface area contributed by atoms with Crippen molar-refractivity contribution >= 4 is 11.6 Å². The van der Waals surface area contributed by atoms with Gasteiger partial charge in [-0.05, 0) is 12.1 Å². The van der Waals surface area contributed by atoms with E-state index in [9.17, 15) is 20.1 Å². The maximum absolute atomic E-state index is 11.8. The van der Waals surface area contributed by atoms with E-state index in [-0.39, 0.29) is 0 Å². The molecule has 2 rings (SSSR count). The molecule has 1 heterocycles. The number of aliphatic hydroxyl groups is 3. The molecular formula is C13H18N2O6. The third-order valence-corrected chi connectivity index (χ3v) is 3.17. The van der Waals surface area contributed by atoms with Crippen LogP contribution in [-0.4, -0.2) is 59.0 Å². The van der Waals surface area contributed by atoms with Gasteiger partial charge in [0.1, 0.15) is 18.3 Å². The molecule has 1 saturated heterocycles. The van der Waals surface area contributed by atoms with Crippen LogP contribution in [0, 0.1) is 0 Å². The van der Waals surface area contributed by atoms with E-state index in [2.05, 4.69) is 10.9 Å². The summed E-state index contributed by atoms with van der Waals surface area (Å²) in [6, 6.07) is 8.80. The number of amides is 1. The summed E-state index contributed by atoms with van der Waals surface area (Å²) in [5.41, 5.74) is 5.53. The monoisotopic (exact) mass is 298 g/mol. The number of hydrazine groups is 1. The summed E-state index contributed by atoms with van der Waals surface area (Å²) < 4.78 is 9.90. The Bertz CT molecular complexity index is 471. The Balaban J connectivity index is 1.90. The highest BCUT2D eigenvalue weighted by Gasteiger charge is 2.48. The highest BCUT2D eigenvalue weighted by atomic mass is 16.7. The summed E-state index contributed by atoms with van der Waals surface area (Å²) in [6.45, 7) is 0. The van der Waals surface area contributed by atoms with Crippen LogP contribution in [0.15, 0.2) is 30.3 Å². The number of anilines is 1. The zero-order valence-corrected chi connectivity index (χ0v) is 11.3. The number of nitrogens with one attached hydrogen (secondary N) is 2. The van der Waals surface area contributed by atoms with Crippen LogP contribution in [0.25, 0.3) is 0 Å². The molecule has 0 radical (unpaired) electrons. The molecule has 1 amide bonds. The fourth-order valence-corrected chi connectivity index (χ4v) is 2.01. The number of ether oxygens (including phenoxy) is 2. The Morgan fingerprint density at radius 2 is 1.95 bits per heavy atom. The lowest BCUT2D eigenvalue weighted by Gasteiger charge is -2.20. The molecule has 0 saturated carbocycles. The number of rotatable bonds is 5. The third-order valence-electron chi connectivity index (χ3n) is 3.17. The van der Waals surface area contributed by atoms with Gasteiger partial charge in [0.05, 0.1) is 5.69 Å². The van der Waals surface area contributed by atoms with Crippen molar-refractivity contribution in [3.8, 4) is 0 Å². The number of carbonyl (C=O) groups excluding carboxylic acids is 1. The number of carbonyl (C=O) groups is 1. The molecule has 1 aromatic rings. The van der Waals surface area contributed by atoms with Gasteiger partial charge in [0.15, 0.2) is 12.4 Å². The van der Waals surface area contributed by atoms with Crippen LogP contribution in [0.5, 0.6) is 0 Å². The van der Waals surface area contributed by atoms with E-state index in [0.717, 1.165) is 0 Å². The fourth-order valence-electron chi connectivity index (χ4n) is 2.01. The fraction of sp³-hybridized carbons (Fsp3) is 0.462. The number of benzene rings is 1. The van der Waals surface area contributed by atoms with Crippen molar-refractivity contribution in [2.24, 2.45) is 0 Å². The SMILES string of the molecule is CO[C@@H]1O[C@@H]([C@H](O)C(=O)NNc2ccccc2)[C@@H](O)[C@@H]1O. The van der Waals surface area contributed by atoms with E-state index in [1.165, 1.54) is 7.11 Å². The van der Waals surface area contributed by atoms with E-state index < -0.39 is 36.6 Å². The number of hydrogen-bond acceptors (Lipinski definition) is 7. The van der Waals surface area contributed by atoms with Crippen LogP contribution in [0.1, 0.15) is 0 Å². The first-order valence-corrected chi connectivity index (χ1v) is 6.38. The van der Waals surface area contributed by atoms with Crippen LogP contribution in [0.3, 0.4) is 0 Å². The molecule has 1 aromatic carbocycles. The van der Waals surface area contributed by atoms with Gasteiger partial charge in [-0.15, -0.1) is 0 Å². The van der Waals surface area contributed by atoms with Crippen LogP contribution < -0.4 is 10.9 Å². The second kappa shape index (κ2) is 6.83. The third kappa shape index (κ3) is 3.49. The number of methoxy groups -OCH3 is 1. The first kappa shape index (κ1) is 15.7. The van der Waals surface area contributed by atoms with Crippen LogP contribution in [0.2, 0.25) is 0 Å². The first-order valence-electron chi connectivity index (χ1n) is 6.38. The predicted molar refractivity (Wildman–Crippen MR) is 71.9 cm³/mol. The molecule has 5 N–H and O–H groups in total. The van der Waals surface area contributed by atoms with Gasteiger partial charge >= 0.3 is 0 Å². The minimum Gasteiger partial charge on any atom is -0.387 e. The Kier molecular flexibility index (Phi) is 5.10. The Hall–Kier alpha value is -1.71. The molecule has 0 spiro atoms. The molecule has 0 bridgehead atoms. The zero-order chi connectivity index (χ0) is 15.4. The summed E-state index contributed by atoms with van der Waals surface area (Å²) in [5, 5.41) is 29.2. The van der Waals surface area contributed by atoms with Crippen LogP contribution in [-0.2, 0) is 14.3 Å². The second-order valence-corrected chi connectivity index (χ2v) is 4.61. The summed E-state index contributed by atoms with van der Waals surface area (Å²) in [5.74, 6) is -0.799. The van der Waals surface area contributed by atoms with Crippen LogP contribution in [0.4, 0.5) is 5.69 Å². The quantitative estimate of drug-likeness (QED) is 0.423. The summed E-state index contributed by atoms with van der Waals surface area (Å²) >= 11 is 0. The standard InChI is InChI=1S/C13H18N2O6/c1-20-13-9(17)8(16)11(21-13)10(18)12(19)15-14-7-5-3-2-4-6-7/h2-6,8-11,13-14,16-18H,1H3,(H,15,19)/t8-,9-,10-,11+,13+/m0/s1. The van der Waals surface area contributed by atoms with Gasteiger partial charge in [-0.2, -0.15) is 0 Å². The lowest BCUT2D eigenvalue weighted by molar-refractivity contribution is -0.169. The lowest BCUT2D eigenvalue weighted by atomic mass is 10.1. The molecule has 1 fully saturated rings. The van der Waals surface area contributed by atoms with E-state index in [1.807, 2.05) is 6.07 Å². The van der Waals surface area contributed by atoms with Gasteiger partial charge in [-0.3, -0.25) is 15.6 Å². The van der Waals surface area contributed by atoms with Gasteiger partial charge in [-0.25, -0.2) is 0 Å². The molecule has 0 aromatic heterocycles. The molecule has 0 aliphatic carbocycles. The van der Waals surface area contributed by atoms with Crippen molar-refractivity contribution in [1.29, 1.82) is 0 Å². The minimum absolute atomic E-state index is 0.626. The molecule has 1 aliphatic heterocycles. The van der Waals surface area contributed by atoms with E-state index in [1.54, 1.807) is 24.3 Å². The van der Waals surface area contributed by atoms with Crippen molar-refractivity contribution in [2.45, 2.75) is 30.7 Å². The topological polar surface area (TPSA) is 120 Å². The average molecular weight is 298 g/mol. The van der Waals surface area contributed by atoms with E-state index >= 15 is 0 Å². The normalized spacial score (nSPS) is 29.9. The van der Waals surface area contributed by atoms with E-state index in [0.29, 0.717) is 5.69 Å². The van der Waals surface area contributed by atoms with Crippen molar-refractivity contribution in [1.82, 2.24) is 5.43 Å². The van der Waals surface area contributed by atoms with Crippen molar-refractivity contribution in [3.05, 3.63) is 30.3 Å². The van der Waals surface area contributed by atoms with E-state index in [4.69, 9.17) is 9.47 Å². The number of hydrogen-bond donors (Lipinski definition) is 5. The lowest BCUT2D eigenvalue weighted by Crippen LogP contribution is -2.48. The van der Waals surface area contributed by atoms with Gasteiger partial charge in [-0.1, -0.05) is 18.2 Å². The highest BCUT2D eigenvalue weighted by molar-refractivity contribution is 5.82. The molecule has 8 heteroatoms. The van der Waals surface area contributed by atoms with Gasteiger partial charge in [0.2, 0.25) is 0 Å². The minimum atomic E-state index is -1.66. The Morgan fingerprint density at radius 3 is 2.52 bits per heavy atom. The summed E-state index contributed by atoms with van der Waals surface area (Å²) in [6.07, 6.45) is -6.78. The molecule has 5 atom stereocenters. The predicted octanol–water partition coefficient (Wildman–Crippen LogP) is -1.42. The molecule has 8 nitrogen and oxygen atoms in total. The Labute approximate surface area is 121 Å². The highest BCUT2D eigenvalue weighted by Crippen LogP contribution is 2.24. The maximum atomic E-state index is 11.8. The van der Waals surface area contributed by atoms with Crippen molar-refractivity contribution < 1.29 is 29.6 Å². The smallest absolute Gasteiger partial charge is 0.269 e. The molecule has 116 valence electrons. The van der Waals surface area contributed by atoms with Gasteiger partial charge in [0, 0.05) is 7.11 Å². The molecule has 0 unspecified atom stereocenters. The van der Waals surface area contributed by atoms with Crippen molar-refractivity contribution in [2.75, 3.05) is 12.5 Å². The Morgan fingerprint density at radius 1 is 1.29 bits per heavy atom. The molecule has 1 aliphatic rings. The zero-order valence-electron chi connectivity index (χ0n) is 11.3. The van der Waals surface area contributed by atoms with Gasteiger partial charge < -0.3 is 24.8 Å². The molecular weight excluding hydrogens is 280 g/mol.